The van der Waals surface area contributed by atoms with Crippen molar-refractivity contribution < 1.29 is 19.5 Å². The van der Waals surface area contributed by atoms with Crippen LogP contribution in [0.2, 0.25) is 0 Å². The summed E-state index contributed by atoms with van der Waals surface area (Å²) in [5.41, 5.74) is 0. The highest BCUT2D eigenvalue weighted by atomic mass is 16.4. The Morgan fingerprint density at radius 3 is 2.61 bits per heavy atom. The highest BCUT2D eigenvalue weighted by Crippen LogP contribution is 2.19. The Morgan fingerprint density at radius 2 is 2.11 bits per heavy atom. The fourth-order valence-electron chi connectivity index (χ4n) is 2.09. The van der Waals surface area contributed by atoms with Crippen molar-refractivity contribution in [2.75, 3.05) is 26.7 Å². The molecule has 0 radical (unpaired) electrons. The lowest BCUT2D eigenvalue weighted by Gasteiger charge is -2.29. The van der Waals surface area contributed by atoms with Gasteiger partial charge in [-0.2, -0.15) is 0 Å². The van der Waals surface area contributed by atoms with Crippen molar-refractivity contribution in [3.8, 4) is 0 Å². The number of likely N-dealkylation sites (tertiary alicyclic amines) is 1. The molecule has 3 amide bonds. The molecule has 0 aromatic rings. The van der Waals surface area contributed by atoms with Crippen LogP contribution in [-0.2, 0) is 9.59 Å². The third-order valence-electron chi connectivity index (χ3n) is 3.03. The normalized spacial score (nSPS) is 18.6. The van der Waals surface area contributed by atoms with Gasteiger partial charge in [0, 0.05) is 20.1 Å². The van der Waals surface area contributed by atoms with E-state index in [1.165, 1.54) is 16.8 Å². The quantitative estimate of drug-likeness (QED) is 0.725. The zero-order chi connectivity index (χ0) is 13.7. The predicted molar refractivity (Wildman–Crippen MR) is 64.1 cm³/mol. The first kappa shape index (κ1) is 14.3. The minimum absolute atomic E-state index is 0.202. The number of carbonyl (C=O) groups is 3. The van der Waals surface area contributed by atoms with Crippen molar-refractivity contribution >= 4 is 17.9 Å². The number of rotatable bonds is 4. The fourth-order valence-corrected chi connectivity index (χ4v) is 2.09. The molecule has 1 unspecified atom stereocenters. The van der Waals surface area contributed by atoms with Crippen molar-refractivity contribution in [2.45, 2.75) is 25.8 Å². The summed E-state index contributed by atoms with van der Waals surface area (Å²) in [7, 11) is 1.53. The monoisotopic (exact) mass is 257 g/mol. The molecule has 0 aromatic heterocycles. The van der Waals surface area contributed by atoms with Crippen LogP contribution in [0, 0.1) is 0 Å². The van der Waals surface area contributed by atoms with E-state index < -0.39 is 12.0 Å². The Kier molecular flexibility index (Phi) is 4.94. The van der Waals surface area contributed by atoms with E-state index in [9.17, 15) is 14.4 Å². The number of carbonyl (C=O) groups excluding carboxylic acids is 2. The van der Waals surface area contributed by atoms with E-state index in [4.69, 9.17) is 5.11 Å². The summed E-state index contributed by atoms with van der Waals surface area (Å²) < 4.78 is 0. The summed E-state index contributed by atoms with van der Waals surface area (Å²) in [5, 5.41) is 11.3. The molecule has 1 atom stereocenters. The van der Waals surface area contributed by atoms with Crippen molar-refractivity contribution in [3.05, 3.63) is 0 Å². The number of nitrogens with one attached hydrogen (secondary N) is 1. The third kappa shape index (κ3) is 3.12. The van der Waals surface area contributed by atoms with Crippen LogP contribution in [0.5, 0.6) is 0 Å². The number of hydrogen-bond donors (Lipinski definition) is 2. The molecule has 1 aliphatic rings. The van der Waals surface area contributed by atoms with Crippen LogP contribution in [0.25, 0.3) is 0 Å². The van der Waals surface area contributed by atoms with Crippen LogP contribution in [0.15, 0.2) is 0 Å². The highest BCUT2D eigenvalue weighted by molar-refractivity contribution is 5.88. The van der Waals surface area contributed by atoms with Crippen molar-refractivity contribution in [1.82, 2.24) is 15.1 Å². The predicted octanol–water partition coefficient (Wildman–Crippen LogP) is -0.277. The van der Waals surface area contributed by atoms with Gasteiger partial charge in [-0.05, 0) is 19.8 Å². The Labute approximate surface area is 106 Å². The largest absolute Gasteiger partial charge is 0.480 e. The molecular weight excluding hydrogens is 238 g/mol. The van der Waals surface area contributed by atoms with E-state index in [2.05, 4.69) is 5.32 Å². The molecule has 0 spiro atoms. The second-order valence-corrected chi connectivity index (χ2v) is 4.16. The van der Waals surface area contributed by atoms with Gasteiger partial charge in [-0.15, -0.1) is 0 Å². The van der Waals surface area contributed by atoms with E-state index >= 15 is 0 Å². The lowest BCUT2D eigenvalue weighted by Crippen LogP contribution is -2.51. The van der Waals surface area contributed by atoms with Crippen LogP contribution in [0.3, 0.4) is 0 Å². The number of nitrogens with zero attached hydrogens (tertiary/aromatic N) is 2. The van der Waals surface area contributed by atoms with Gasteiger partial charge in [0.2, 0.25) is 5.91 Å². The average Bonchev–Trinajstić information content (AvgIpc) is 2.82. The Balaban J connectivity index is 2.74. The minimum Gasteiger partial charge on any atom is -0.480 e. The molecule has 1 fully saturated rings. The number of urea groups is 1. The molecule has 0 saturated carbocycles. The van der Waals surface area contributed by atoms with Crippen molar-refractivity contribution in [1.29, 1.82) is 0 Å². The van der Waals surface area contributed by atoms with Crippen LogP contribution in [-0.4, -0.2) is 65.5 Å². The molecule has 102 valence electrons. The first-order valence-electron chi connectivity index (χ1n) is 6.00. The maximum atomic E-state index is 12.2. The number of hydrogen-bond acceptors (Lipinski definition) is 3. The first-order chi connectivity index (χ1) is 8.51. The van der Waals surface area contributed by atoms with Gasteiger partial charge in [0.25, 0.3) is 0 Å². The second kappa shape index (κ2) is 6.23. The maximum absolute atomic E-state index is 12.2. The van der Waals surface area contributed by atoms with Gasteiger partial charge < -0.3 is 20.2 Å². The lowest BCUT2D eigenvalue weighted by molar-refractivity contribution is -0.137. The molecule has 7 nitrogen and oxygen atoms in total. The van der Waals surface area contributed by atoms with Gasteiger partial charge in [-0.1, -0.05) is 0 Å². The summed E-state index contributed by atoms with van der Waals surface area (Å²) in [6, 6.07) is -0.864. The summed E-state index contributed by atoms with van der Waals surface area (Å²) in [6.45, 7) is 2.17. The lowest BCUT2D eigenvalue weighted by atomic mass is 10.2. The molecular formula is C11H19N3O4. The standard InChI is InChI=1S/C11H19N3O4/c1-3-13(7-9(15)16)11(18)14-6-4-5-8(14)10(17)12-2/h8H,3-7H2,1-2H3,(H,12,17)(H,15,16). The second-order valence-electron chi connectivity index (χ2n) is 4.16. The molecule has 1 heterocycles. The van der Waals surface area contributed by atoms with E-state index in [1.54, 1.807) is 6.92 Å². The van der Waals surface area contributed by atoms with Crippen LogP contribution < -0.4 is 5.32 Å². The zero-order valence-electron chi connectivity index (χ0n) is 10.7. The Hall–Kier alpha value is -1.79. The molecule has 0 aliphatic carbocycles. The highest BCUT2D eigenvalue weighted by Gasteiger charge is 2.35. The van der Waals surface area contributed by atoms with E-state index in [0.29, 0.717) is 19.5 Å². The zero-order valence-corrected chi connectivity index (χ0v) is 10.7. The molecule has 1 saturated heterocycles. The van der Waals surface area contributed by atoms with Crippen LogP contribution in [0.1, 0.15) is 19.8 Å². The Morgan fingerprint density at radius 1 is 1.44 bits per heavy atom. The summed E-state index contributed by atoms with van der Waals surface area (Å²) >= 11 is 0. The number of carboxylic acid groups (broad SMARTS) is 1. The van der Waals surface area contributed by atoms with Gasteiger partial charge >= 0.3 is 12.0 Å². The number of likely N-dealkylation sites (N-methyl/N-ethyl adjacent to an activating group) is 2. The molecule has 18 heavy (non-hydrogen) atoms. The first-order valence-corrected chi connectivity index (χ1v) is 6.00. The molecule has 1 rings (SSSR count). The topological polar surface area (TPSA) is 90.0 Å². The fraction of sp³-hybridized carbons (Fsp3) is 0.727. The summed E-state index contributed by atoms with van der Waals surface area (Å²) in [5.74, 6) is -1.26. The number of carboxylic acids is 1. The molecule has 7 heteroatoms. The Bertz CT molecular complexity index is 345. The van der Waals surface area contributed by atoms with Gasteiger partial charge in [0.05, 0.1) is 0 Å². The number of aliphatic carboxylic acids is 1. The van der Waals surface area contributed by atoms with E-state index in [-0.39, 0.29) is 18.5 Å². The molecule has 2 N–H and O–H groups in total. The van der Waals surface area contributed by atoms with Crippen LogP contribution in [0.4, 0.5) is 4.79 Å². The van der Waals surface area contributed by atoms with E-state index in [0.717, 1.165) is 6.42 Å². The maximum Gasteiger partial charge on any atom is 0.323 e. The summed E-state index contributed by atoms with van der Waals surface area (Å²) in [4.78, 5) is 37.1. The number of amides is 3. The summed E-state index contributed by atoms with van der Waals surface area (Å²) in [6.07, 6.45) is 1.38. The van der Waals surface area contributed by atoms with Crippen molar-refractivity contribution in [3.63, 3.8) is 0 Å². The third-order valence-corrected chi connectivity index (χ3v) is 3.03. The SMILES string of the molecule is CCN(CC(=O)O)C(=O)N1CCCC1C(=O)NC. The minimum atomic E-state index is -1.05. The van der Waals surface area contributed by atoms with Gasteiger partial charge in [-0.3, -0.25) is 9.59 Å². The smallest absolute Gasteiger partial charge is 0.323 e. The van der Waals surface area contributed by atoms with Gasteiger partial charge in [0.1, 0.15) is 12.6 Å². The van der Waals surface area contributed by atoms with Crippen molar-refractivity contribution in [2.24, 2.45) is 0 Å². The molecule has 1 aliphatic heterocycles. The van der Waals surface area contributed by atoms with Gasteiger partial charge in [0.15, 0.2) is 0 Å². The molecule has 0 aromatic carbocycles. The van der Waals surface area contributed by atoms with Gasteiger partial charge in [-0.25, -0.2) is 4.79 Å². The average molecular weight is 257 g/mol. The molecule has 0 bridgehead atoms. The van der Waals surface area contributed by atoms with Crippen LogP contribution >= 0.6 is 0 Å². The van der Waals surface area contributed by atoms with E-state index in [1.807, 2.05) is 0 Å².